The van der Waals surface area contributed by atoms with Crippen molar-refractivity contribution in [3.05, 3.63) is 134 Å². The van der Waals surface area contributed by atoms with Gasteiger partial charge in [0.15, 0.2) is 0 Å². The smallest absolute Gasteiger partial charge is 0.255 e. The Labute approximate surface area is 228 Å². The molecule has 0 N–H and O–H groups in total. The van der Waals surface area contributed by atoms with Crippen molar-refractivity contribution in [2.24, 2.45) is 0 Å². The van der Waals surface area contributed by atoms with Crippen LogP contribution in [0, 0.1) is 0 Å². The third-order valence-electron chi connectivity index (χ3n) is 5.21. The monoisotopic (exact) mass is 568 g/mol. The van der Waals surface area contributed by atoms with Crippen molar-refractivity contribution >= 4 is 0 Å². The van der Waals surface area contributed by atoms with E-state index in [0.29, 0.717) is 0 Å². The zero-order valence-electron chi connectivity index (χ0n) is 19.7. The number of hydrogen-bond donors (Lipinski definition) is 0. The molecule has 6 aromatic rings. The van der Waals surface area contributed by atoms with Crippen LogP contribution >= 0.6 is 0 Å². The molecule has 0 aliphatic rings. The number of pyridine rings is 6. The fourth-order valence-electron chi connectivity index (χ4n) is 3.50. The van der Waals surface area contributed by atoms with Gasteiger partial charge >= 0.3 is 19.5 Å². The minimum absolute atomic E-state index is 0. The second-order valence-corrected chi connectivity index (χ2v) is 7.68. The average molecular weight is 568 g/mol. The zero-order chi connectivity index (χ0) is 24.4. The first-order valence-electron chi connectivity index (χ1n) is 11.5. The maximum Gasteiger partial charge on any atom is 2.00 e. The second kappa shape index (κ2) is 13.0. The number of rotatable bonds is 4. The van der Waals surface area contributed by atoms with Gasteiger partial charge in [-0.25, -0.2) is 9.97 Å². The van der Waals surface area contributed by atoms with E-state index in [1.54, 1.807) is 24.8 Å². The normalized spacial score (nSPS) is 9.95. The molecule has 0 unspecified atom stereocenters. The van der Waals surface area contributed by atoms with Gasteiger partial charge in [-0.1, -0.05) is 36.4 Å². The molecule has 0 bridgehead atoms. The van der Waals surface area contributed by atoms with E-state index in [4.69, 9.17) is 9.97 Å². The van der Waals surface area contributed by atoms with Crippen LogP contribution in [0.1, 0.15) is 0 Å². The summed E-state index contributed by atoms with van der Waals surface area (Å²) in [4.78, 5) is 26.5. The van der Waals surface area contributed by atoms with Crippen molar-refractivity contribution in [2.45, 2.75) is 0 Å². The molecular weight excluding hydrogens is 545 g/mol. The molecule has 0 atom stereocenters. The quantitative estimate of drug-likeness (QED) is 0.229. The zero-order valence-corrected chi connectivity index (χ0v) is 21.5. The Kier molecular flexibility index (Phi) is 9.00. The largest absolute Gasteiger partial charge is 2.00 e. The third kappa shape index (κ3) is 6.81. The van der Waals surface area contributed by atoms with Gasteiger partial charge in [-0.3, -0.25) is 19.9 Å². The van der Waals surface area contributed by atoms with Crippen LogP contribution in [0.4, 0.5) is 0 Å². The van der Waals surface area contributed by atoms with Crippen molar-refractivity contribution in [3.8, 4) is 45.6 Å². The average Bonchev–Trinajstić information content (AvgIpc) is 2.99. The molecule has 0 saturated heterocycles. The van der Waals surface area contributed by atoms with E-state index in [2.05, 4.69) is 19.9 Å². The molecule has 37 heavy (non-hydrogen) atoms. The fourth-order valence-corrected chi connectivity index (χ4v) is 3.50. The van der Waals surface area contributed by atoms with E-state index in [0.717, 1.165) is 45.6 Å². The van der Waals surface area contributed by atoms with Gasteiger partial charge in [0.05, 0.1) is 45.6 Å². The maximum atomic E-state index is 4.70. The molecule has 6 rings (SSSR count). The molecule has 0 amide bonds. The molecule has 0 aromatic carbocycles. The van der Waals surface area contributed by atoms with Crippen LogP contribution in [0.15, 0.2) is 134 Å². The van der Waals surface area contributed by atoms with Crippen LogP contribution in [0.25, 0.3) is 45.6 Å². The summed E-state index contributed by atoms with van der Waals surface area (Å²) in [7, 11) is 0. The van der Waals surface area contributed by atoms with Crippen LogP contribution in [-0.2, 0) is 19.5 Å². The maximum absolute atomic E-state index is 4.70. The third-order valence-corrected chi connectivity index (χ3v) is 5.21. The van der Waals surface area contributed by atoms with Gasteiger partial charge in [-0.2, -0.15) is 0 Å². The van der Waals surface area contributed by atoms with Crippen LogP contribution in [0.5, 0.6) is 0 Å². The Balaban J connectivity index is 0.000000208. The minimum atomic E-state index is 0. The Hall–Kier alpha value is -4.48. The molecule has 6 aromatic heterocycles. The van der Waals surface area contributed by atoms with Gasteiger partial charge in [-0.15, -0.1) is 0 Å². The summed E-state index contributed by atoms with van der Waals surface area (Å²) in [6, 6.07) is 35.0. The van der Waals surface area contributed by atoms with Gasteiger partial charge in [0.1, 0.15) is 0 Å². The SMILES string of the molecule is [Ru+2].c1ccc(-c2cccc(-c3cccc(-c4ccccn4)n3)n2)nc1.c1ccc(-c2ccccn2)nc1. The number of aromatic nitrogens is 6. The first kappa shape index (κ1) is 25.6. The summed E-state index contributed by atoms with van der Waals surface area (Å²) in [5.41, 5.74) is 6.82. The van der Waals surface area contributed by atoms with E-state index in [9.17, 15) is 0 Å². The van der Waals surface area contributed by atoms with Gasteiger partial charge in [-0.05, 0) is 72.8 Å². The summed E-state index contributed by atoms with van der Waals surface area (Å²) in [5.74, 6) is 0. The molecule has 0 saturated carbocycles. The summed E-state index contributed by atoms with van der Waals surface area (Å²) in [6.07, 6.45) is 7.07. The molecule has 7 heteroatoms. The summed E-state index contributed by atoms with van der Waals surface area (Å²) >= 11 is 0. The minimum Gasteiger partial charge on any atom is -0.255 e. The van der Waals surface area contributed by atoms with Crippen molar-refractivity contribution in [1.29, 1.82) is 0 Å². The van der Waals surface area contributed by atoms with Crippen LogP contribution < -0.4 is 0 Å². The molecule has 0 aliphatic heterocycles. The molecule has 0 fully saturated rings. The van der Waals surface area contributed by atoms with E-state index >= 15 is 0 Å². The van der Waals surface area contributed by atoms with Gasteiger partial charge in [0.25, 0.3) is 0 Å². The standard InChI is InChI=1S/C20H14N4.C10H8N2.Ru/c1-3-13-21-15(7-1)17-9-5-11-19(23-17)20-12-6-10-18(24-20)16-8-2-4-14-22-16;1-3-7-11-9(5-1)10-6-2-4-8-12-10;/h1-14H;1-8H;/q;;+2. The van der Waals surface area contributed by atoms with E-state index in [-0.39, 0.29) is 19.5 Å². The van der Waals surface area contributed by atoms with Gasteiger partial charge in [0.2, 0.25) is 0 Å². The molecule has 0 radical (unpaired) electrons. The summed E-state index contributed by atoms with van der Waals surface area (Å²) in [6.45, 7) is 0. The van der Waals surface area contributed by atoms with Crippen molar-refractivity contribution in [2.75, 3.05) is 0 Å². The number of nitrogens with zero attached hydrogens (tertiary/aromatic N) is 6. The fraction of sp³-hybridized carbons (Fsp3) is 0. The van der Waals surface area contributed by atoms with Gasteiger partial charge in [0, 0.05) is 24.8 Å². The van der Waals surface area contributed by atoms with E-state index in [1.807, 2.05) is 109 Å². The second-order valence-electron chi connectivity index (χ2n) is 7.68. The number of hydrogen-bond acceptors (Lipinski definition) is 6. The van der Waals surface area contributed by atoms with E-state index in [1.165, 1.54) is 0 Å². The van der Waals surface area contributed by atoms with Crippen molar-refractivity contribution < 1.29 is 19.5 Å². The van der Waals surface area contributed by atoms with Crippen molar-refractivity contribution in [1.82, 2.24) is 29.9 Å². The van der Waals surface area contributed by atoms with Gasteiger partial charge < -0.3 is 0 Å². The van der Waals surface area contributed by atoms with Crippen LogP contribution in [-0.4, -0.2) is 29.9 Å². The molecular formula is C30H22N6Ru+2. The summed E-state index contributed by atoms with van der Waals surface area (Å²) < 4.78 is 0. The Morgan fingerprint density at radius 1 is 0.270 bits per heavy atom. The summed E-state index contributed by atoms with van der Waals surface area (Å²) in [5, 5.41) is 0. The molecule has 178 valence electrons. The molecule has 0 spiro atoms. The topological polar surface area (TPSA) is 77.3 Å². The van der Waals surface area contributed by atoms with Crippen molar-refractivity contribution in [3.63, 3.8) is 0 Å². The Morgan fingerprint density at radius 3 is 0.784 bits per heavy atom. The first-order valence-corrected chi connectivity index (χ1v) is 11.5. The van der Waals surface area contributed by atoms with Crippen LogP contribution in [0.3, 0.4) is 0 Å². The predicted molar refractivity (Wildman–Crippen MR) is 141 cm³/mol. The Morgan fingerprint density at radius 2 is 0.514 bits per heavy atom. The molecule has 6 nitrogen and oxygen atoms in total. The molecule has 6 heterocycles. The first-order chi connectivity index (χ1) is 17.9. The Bertz CT molecular complexity index is 1400. The van der Waals surface area contributed by atoms with E-state index < -0.39 is 0 Å². The molecule has 0 aliphatic carbocycles. The van der Waals surface area contributed by atoms with Crippen LogP contribution in [0.2, 0.25) is 0 Å². The predicted octanol–water partition coefficient (Wildman–Crippen LogP) is 6.41.